The summed E-state index contributed by atoms with van der Waals surface area (Å²) in [5, 5.41) is 9.46. The van der Waals surface area contributed by atoms with E-state index in [9.17, 15) is 5.11 Å². The molecule has 0 saturated carbocycles. The highest BCUT2D eigenvalue weighted by atomic mass is 28.3. The van der Waals surface area contributed by atoms with Crippen LogP contribution in [0.15, 0.2) is 12.7 Å². The summed E-state index contributed by atoms with van der Waals surface area (Å²) >= 11 is 0. The molecule has 0 spiro atoms. The molecule has 2 heteroatoms. The Bertz CT molecular complexity index is 146. The van der Waals surface area contributed by atoms with E-state index < -0.39 is 8.07 Å². The van der Waals surface area contributed by atoms with Crippen LogP contribution in [0.1, 0.15) is 13.8 Å². The fraction of sp³-hybridized carbons (Fsp3) is 0.800. The van der Waals surface area contributed by atoms with Crippen LogP contribution in [0, 0.1) is 5.92 Å². The predicted octanol–water partition coefficient (Wildman–Crippen LogP) is 2.90. The van der Waals surface area contributed by atoms with Crippen molar-refractivity contribution in [2.24, 2.45) is 5.92 Å². The molecule has 72 valence electrons. The molecule has 0 fully saturated rings. The molecule has 1 nitrogen and oxygen atoms in total. The molecule has 0 aromatic carbocycles. The van der Waals surface area contributed by atoms with Crippen molar-refractivity contribution in [3.8, 4) is 0 Å². The number of hydrogen-bond donors (Lipinski definition) is 1. The van der Waals surface area contributed by atoms with E-state index in [1.165, 1.54) is 0 Å². The van der Waals surface area contributed by atoms with Gasteiger partial charge in [-0.05, 0) is 18.4 Å². The summed E-state index contributed by atoms with van der Waals surface area (Å²) in [5.74, 6) is 0.342. The zero-order chi connectivity index (χ0) is 9.94. The summed E-state index contributed by atoms with van der Waals surface area (Å²) in [4.78, 5) is 0. The van der Waals surface area contributed by atoms with Crippen LogP contribution in [-0.2, 0) is 0 Å². The van der Waals surface area contributed by atoms with Gasteiger partial charge in [-0.25, -0.2) is 0 Å². The fourth-order valence-electron chi connectivity index (χ4n) is 1.66. The number of aliphatic hydroxyl groups excluding tert-OH is 1. The summed E-state index contributed by atoms with van der Waals surface area (Å²) in [6.07, 6.45) is 1.79. The minimum absolute atomic E-state index is 0.222. The van der Waals surface area contributed by atoms with Crippen molar-refractivity contribution in [2.45, 2.75) is 45.1 Å². The zero-order valence-corrected chi connectivity index (χ0v) is 9.96. The summed E-state index contributed by atoms with van der Waals surface area (Å²) < 4.78 is 0. The fourth-order valence-corrected chi connectivity index (χ4v) is 4.22. The van der Waals surface area contributed by atoms with Gasteiger partial charge in [-0.2, -0.15) is 0 Å². The van der Waals surface area contributed by atoms with Crippen LogP contribution in [0.5, 0.6) is 0 Å². The van der Waals surface area contributed by atoms with Gasteiger partial charge in [0.05, 0.1) is 14.2 Å². The Labute approximate surface area is 77.5 Å². The second kappa shape index (κ2) is 4.24. The van der Waals surface area contributed by atoms with Gasteiger partial charge in [-0.3, -0.25) is 0 Å². The highest BCUT2D eigenvalue weighted by Gasteiger charge is 2.30. The molecule has 12 heavy (non-hydrogen) atoms. The lowest BCUT2D eigenvalue weighted by Gasteiger charge is -2.33. The first-order valence-electron chi connectivity index (χ1n) is 4.61. The Balaban J connectivity index is 4.45. The molecule has 0 heterocycles. The van der Waals surface area contributed by atoms with Gasteiger partial charge in [0.25, 0.3) is 0 Å². The van der Waals surface area contributed by atoms with Crippen LogP contribution in [0.4, 0.5) is 0 Å². The number of allylic oxidation sites excluding steroid dienone is 1. The largest absolute Gasteiger partial charge is 0.393 e. The molecule has 1 N–H and O–H groups in total. The third-order valence-electron chi connectivity index (χ3n) is 2.58. The van der Waals surface area contributed by atoms with Crippen LogP contribution >= 0.6 is 0 Å². The average Bonchev–Trinajstić information content (AvgIpc) is 1.85. The van der Waals surface area contributed by atoms with Crippen molar-refractivity contribution in [1.82, 2.24) is 0 Å². The SMILES string of the molecule is C=CC([C@H](C)[C@@H](C)O)[Si](C)(C)C. The van der Waals surface area contributed by atoms with Gasteiger partial charge >= 0.3 is 0 Å². The molecule has 0 radical (unpaired) electrons. The maximum absolute atomic E-state index is 9.46. The van der Waals surface area contributed by atoms with E-state index >= 15 is 0 Å². The first-order chi connectivity index (χ1) is 5.30. The molecule has 0 aliphatic carbocycles. The van der Waals surface area contributed by atoms with Crippen LogP contribution in [0.3, 0.4) is 0 Å². The number of rotatable bonds is 4. The summed E-state index contributed by atoms with van der Waals surface area (Å²) in [6, 6.07) is 0. The van der Waals surface area contributed by atoms with Gasteiger partial charge in [0, 0.05) is 0 Å². The van der Waals surface area contributed by atoms with Crippen LogP contribution in [0.2, 0.25) is 25.2 Å². The molecule has 0 aliphatic rings. The quantitative estimate of drug-likeness (QED) is 0.529. The first kappa shape index (κ1) is 11.9. The number of hydrogen-bond acceptors (Lipinski definition) is 1. The maximum Gasteiger partial charge on any atom is 0.0540 e. The molecular formula is C10H22OSi. The Kier molecular flexibility index (Phi) is 4.21. The number of aliphatic hydroxyl groups is 1. The maximum atomic E-state index is 9.46. The highest BCUT2D eigenvalue weighted by molar-refractivity contribution is 6.78. The molecule has 1 unspecified atom stereocenters. The summed E-state index contributed by atoms with van der Waals surface area (Å²) in [5.41, 5.74) is 0.512. The van der Waals surface area contributed by atoms with E-state index in [1.54, 1.807) is 0 Å². The van der Waals surface area contributed by atoms with Gasteiger partial charge < -0.3 is 5.11 Å². The molecule has 3 atom stereocenters. The van der Waals surface area contributed by atoms with Crippen LogP contribution in [0.25, 0.3) is 0 Å². The zero-order valence-electron chi connectivity index (χ0n) is 8.96. The minimum atomic E-state index is -1.19. The standard InChI is InChI=1S/C10H22OSi/c1-7-10(12(4,5)6)8(2)9(3)11/h7-11H,1H2,2-6H3/t8-,9-,10?/m1/s1. The van der Waals surface area contributed by atoms with Crippen molar-refractivity contribution in [3.05, 3.63) is 12.7 Å². The molecular weight excluding hydrogens is 164 g/mol. The predicted molar refractivity (Wildman–Crippen MR) is 58.1 cm³/mol. The monoisotopic (exact) mass is 186 g/mol. The van der Waals surface area contributed by atoms with E-state index in [0.717, 1.165) is 0 Å². The topological polar surface area (TPSA) is 20.2 Å². The van der Waals surface area contributed by atoms with E-state index in [-0.39, 0.29) is 6.10 Å². The van der Waals surface area contributed by atoms with Crippen LogP contribution < -0.4 is 0 Å². The Hall–Kier alpha value is -0.0831. The Morgan fingerprint density at radius 3 is 1.75 bits per heavy atom. The third-order valence-corrected chi connectivity index (χ3v) is 5.34. The lowest BCUT2D eigenvalue weighted by molar-refractivity contribution is 0.135. The van der Waals surface area contributed by atoms with Gasteiger partial charge in [0.15, 0.2) is 0 Å². The molecule has 0 aliphatic heterocycles. The van der Waals surface area contributed by atoms with Crippen molar-refractivity contribution >= 4 is 8.07 Å². The van der Waals surface area contributed by atoms with Gasteiger partial charge in [0.1, 0.15) is 0 Å². The molecule has 0 aromatic rings. The second-order valence-electron chi connectivity index (χ2n) is 4.73. The summed E-state index contributed by atoms with van der Waals surface area (Å²) in [7, 11) is -1.19. The van der Waals surface area contributed by atoms with E-state index in [2.05, 4.69) is 33.1 Å². The van der Waals surface area contributed by atoms with Crippen molar-refractivity contribution in [3.63, 3.8) is 0 Å². The Morgan fingerprint density at radius 2 is 1.67 bits per heavy atom. The summed E-state index contributed by atoms with van der Waals surface area (Å²) in [6.45, 7) is 14.8. The van der Waals surface area contributed by atoms with Crippen molar-refractivity contribution < 1.29 is 5.11 Å². The lowest BCUT2D eigenvalue weighted by Crippen LogP contribution is -2.35. The molecule has 0 aromatic heterocycles. The molecule has 0 amide bonds. The Morgan fingerprint density at radius 1 is 1.25 bits per heavy atom. The average molecular weight is 186 g/mol. The highest BCUT2D eigenvalue weighted by Crippen LogP contribution is 2.32. The van der Waals surface area contributed by atoms with Crippen molar-refractivity contribution in [2.75, 3.05) is 0 Å². The van der Waals surface area contributed by atoms with E-state index in [1.807, 2.05) is 13.0 Å². The van der Waals surface area contributed by atoms with Gasteiger partial charge in [-0.15, -0.1) is 6.58 Å². The minimum Gasteiger partial charge on any atom is -0.393 e. The van der Waals surface area contributed by atoms with Gasteiger partial charge in [0.2, 0.25) is 0 Å². The lowest BCUT2D eigenvalue weighted by atomic mass is 10.0. The molecule has 0 rings (SSSR count). The van der Waals surface area contributed by atoms with Crippen molar-refractivity contribution in [1.29, 1.82) is 0 Å². The van der Waals surface area contributed by atoms with E-state index in [0.29, 0.717) is 11.5 Å². The molecule has 0 saturated heterocycles. The first-order valence-corrected chi connectivity index (χ1v) is 8.19. The third kappa shape index (κ3) is 3.11. The van der Waals surface area contributed by atoms with Crippen LogP contribution in [-0.4, -0.2) is 19.3 Å². The van der Waals surface area contributed by atoms with Gasteiger partial charge in [-0.1, -0.05) is 32.6 Å². The smallest absolute Gasteiger partial charge is 0.0540 e. The van der Waals surface area contributed by atoms with E-state index in [4.69, 9.17) is 0 Å². The normalized spacial score (nSPS) is 19.8. The second-order valence-corrected chi connectivity index (χ2v) is 10.1. The molecule has 0 bridgehead atoms.